The molecule has 2 N–H and O–H groups in total. The number of hydrogen-bond donors (Lipinski definition) is 2. The van der Waals surface area contributed by atoms with Crippen LogP contribution in [0.1, 0.15) is 39.0 Å². The van der Waals surface area contributed by atoms with Crippen LogP contribution in [0.25, 0.3) is 0 Å². The molecule has 0 saturated carbocycles. The van der Waals surface area contributed by atoms with Gasteiger partial charge in [0.15, 0.2) is 0 Å². The third-order valence-corrected chi connectivity index (χ3v) is 4.23. The minimum Gasteiger partial charge on any atom is -0.465 e. The maximum absolute atomic E-state index is 12.5. The standard InChI is InChI=1S/C19H25N3O3/c1-5-15-16(19(24)25-4)13(2)17(21-15)18(23)20-11-12-22(3)14-9-7-6-8-10-14/h6-10,21H,5,11-12H2,1-4H3,(H,20,23). The molecule has 0 atom stereocenters. The minimum absolute atomic E-state index is 0.219. The maximum atomic E-state index is 12.5. The number of para-hydroxylation sites is 1. The van der Waals surface area contributed by atoms with E-state index in [0.717, 1.165) is 11.4 Å². The molecule has 134 valence electrons. The molecule has 0 aliphatic carbocycles. The van der Waals surface area contributed by atoms with Crippen molar-refractivity contribution in [2.45, 2.75) is 20.3 Å². The molecule has 25 heavy (non-hydrogen) atoms. The molecule has 6 heteroatoms. The summed E-state index contributed by atoms with van der Waals surface area (Å²) in [6.07, 6.45) is 0.620. The zero-order chi connectivity index (χ0) is 18.4. The number of aromatic amines is 1. The SMILES string of the molecule is CCc1[nH]c(C(=O)NCCN(C)c2ccccc2)c(C)c1C(=O)OC. The van der Waals surface area contributed by atoms with Gasteiger partial charge in [-0.15, -0.1) is 0 Å². The summed E-state index contributed by atoms with van der Waals surface area (Å²) in [4.78, 5) is 29.5. The fourth-order valence-corrected chi connectivity index (χ4v) is 2.77. The molecule has 0 spiro atoms. The average Bonchev–Trinajstić information content (AvgIpc) is 2.98. The summed E-state index contributed by atoms with van der Waals surface area (Å²) in [5.41, 5.74) is 3.30. The molecule has 0 fully saturated rings. The van der Waals surface area contributed by atoms with Gasteiger partial charge in [-0.25, -0.2) is 4.79 Å². The fraction of sp³-hybridized carbons (Fsp3) is 0.368. The second-order valence-electron chi connectivity index (χ2n) is 5.84. The van der Waals surface area contributed by atoms with Crippen molar-refractivity contribution in [1.29, 1.82) is 0 Å². The number of nitrogens with zero attached hydrogens (tertiary/aromatic N) is 1. The summed E-state index contributed by atoms with van der Waals surface area (Å²) in [5.74, 6) is -0.641. The Hall–Kier alpha value is -2.76. The van der Waals surface area contributed by atoms with Gasteiger partial charge in [-0.05, 0) is 31.0 Å². The Morgan fingerprint density at radius 3 is 2.52 bits per heavy atom. The quantitative estimate of drug-likeness (QED) is 0.758. The Bertz CT molecular complexity index is 738. The number of amides is 1. The van der Waals surface area contributed by atoms with Gasteiger partial charge in [0.1, 0.15) is 5.69 Å². The number of carbonyl (C=O) groups is 2. The van der Waals surface area contributed by atoms with Crippen molar-refractivity contribution in [3.8, 4) is 0 Å². The number of nitrogens with one attached hydrogen (secondary N) is 2. The molecule has 6 nitrogen and oxygen atoms in total. The first-order valence-corrected chi connectivity index (χ1v) is 8.33. The fourth-order valence-electron chi connectivity index (χ4n) is 2.77. The van der Waals surface area contributed by atoms with Crippen molar-refractivity contribution in [1.82, 2.24) is 10.3 Å². The van der Waals surface area contributed by atoms with Crippen molar-refractivity contribution in [2.75, 3.05) is 32.1 Å². The average molecular weight is 343 g/mol. The van der Waals surface area contributed by atoms with Gasteiger partial charge in [0.05, 0.1) is 12.7 Å². The van der Waals surface area contributed by atoms with E-state index in [2.05, 4.69) is 15.2 Å². The monoisotopic (exact) mass is 343 g/mol. The van der Waals surface area contributed by atoms with E-state index < -0.39 is 5.97 Å². The number of esters is 1. The second kappa shape index (κ2) is 8.37. The molecule has 0 bridgehead atoms. The molecule has 0 unspecified atom stereocenters. The summed E-state index contributed by atoms with van der Waals surface area (Å²) >= 11 is 0. The highest BCUT2D eigenvalue weighted by Gasteiger charge is 2.23. The van der Waals surface area contributed by atoms with Crippen LogP contribution in [-0.4, -0.2) is 44.1 Å². The molecule has 0 aliphatic heterocycles. The number of likely N-dealkylation sites (N-methyl/N-ethyl adjacent to an activating group) is 1. The highest BCUT2D eigenvalue weighted by atomic mass is 16.5. The molecule has 1 aromatic heterocycles. The summed E-state index contributed by atoms with van der Waals surface area (Å²) < 4.78 is 4.82. The maximum Gasteiger partial charge on any atom is 0.339 e. The lowest BCUT2D eigenvalue weighted by Crippen LogP contribution is -2.33. The number of anilines is 1. The van der Waals surface area contributed by atoms with Crippen LogP contribution >= 0.6 is 0 Å². The predicted molar refractivity (Wildman–Crippen MR) is 98.3 cm³/mol. The van der Waals surface area contributed by atoms with E-state index in [4.69, 9.17) is 4.74 Å². The number of methoxy groups -OCH3 is 1. The molecule has 1 heterocycles. The topological polar surface area (TPSA) is 74.4 Å². The summed E-state index contributed by atoms with van der Waals surface area (Å²) in [6.45, 7) is 4.86. The number of benzene rings is 1. The third-order valence-electron chi connectivity index (χ3n) is 4.23. The van der Waals surface area contributed by atoms with Gasteiger partial charge in [0.2, 0.25) is 0 Å². The largest absolute Gasteiger partial charge is 0.465 e. The first-order chi connectivity index (χ1) is 12.0. The molecule has 1 amide bonds. The van der Waals surface area contributed by atoms with Crippen molar-refractivity contribution in [3.63, 3.8) is 0 Å². The third kappa shape index (κ3) is 4.21. The molecule has 0 aliphatic rings. The van der Waals surface area contributed by atoms with Crippen LogP contribution in [0.5, 0.6) is 0 Å². The van der Waals surface area contributed by atoms with Gasteiger partial charge >= 0.3 is 5.97 Å². The molecular weight excluding hydrogens is 318 g/mol. The number of ether oxygens (including phenoxy) is 1. The zero-order valence-corrected chi connectivity index (χ0v) is 15.2. The van der Waals surface area contributed by atoms with E-state index in [1.807, 2.05) is 44.3 Å². The van der Waals surface area contributed by atoms with Crippen LogP contribution in [0, 0.1) is 6.92 Å². The number of carbonyl (C=O) groups excluding carboxylic acids is 2. The highest BCUT2D eigenvalue weighted by molar-refractivity contribution is 6.00. The van der Waals surface area contributed by atoms with Crippen LogP contribution in [0.15, 0.2) is 30.3 Å². The molecule has 2 rings (SSSR count). The summed E-state index contributed by atoms with van der Waals surface area (Å²) in [6, 6.07) is 9.97. The van der Waals surface area contributed by atoms with Gasteiger partial charge in [-0.3, -0.25) is 4.79 Å². The van der Waals surface area contributed by atoms with E-state index >= 15 is 0 Å². The predicted octanol–water partition coefficient (Wildman–Crippen LogP) is 2.54. The Labute approximate surface area is 148 Å². The zero-order valence-electron chi connectivity index (χ0n) is 15.2. The molecule has 0 saturated heterocycles. The lowest BCUT2D eigenvalue weighted by atomic mass is 10.1. The van der Waals surface area contributed by atoms with Gasteiger partial charge in [0, 0.05) is 31.5 Å². The van der Waals surface area contributed by atoms with Gasteiger partial charge in [-0.1, -0.05) is 25.1 Å². The molecular formula is C19H25N3O3. The number of aryl methyl sites for hydroxylation is 1. The second-order valence-corrected chi connectivity index (χ2v) is 5.84. The molecule has 0 radical (unpaired) electrons. The van der Waals surface area contributed by atoms with Crippen molar-refractivity contribution < 1.29 is 14.3 Å². The number of H-pyrrole nitrogens is 1. The first kappa shape index (κ1) is 18.6. The van der Waals surface area contributed by atoms with E-state index in [9.17, 15) is 9.59 Å². The number of aromatic nitrogens is 1. The van der Waals surface area contributed by atoms with Crippen LogP contribution in [0.2, 0.25) is 0 Å². The van der Waals surface area contributed by atoms with E-state index in [-0.39, 0.29) is 5.91 Å². The van der Waals surface area contributed by atoms with Crippen LogP contribution in [0.3, 0.4) is 0 Å². The first-order valence-electron chi connectivity index (χ1n) is 8.33. The van der Waals surface area contributed by atoms with Gasteiger partial charge in [0.25, 0.3) is 5.91 Å². The highest BCUT2D eigenvalue weighted by Crippen LogP contribution is 2.20. The lowest BCUT2D eigenvalue weighted by molar-refractivity contribution is 0.0599. The normalized spacial score (nSPS) is 10.4. The van der Waals surface area contributed by atoms with Crippen LogP contribution in [0.4, 0.5) is 5.69 Å². The van der Waals surface area contributed by atoms with Gasteiger partial charge in [-0.2, -0.15) is 0 Å². The Balaban J connectivity index is 2.01. The van der Waals surface area contributed by atoms with Crippen molar-refractivity contribution in [2.24, 2.45) is 0 Å². The van der Waals surface area contributed by atoms with Crippen molar-refractivity contribution >= 4 is 17.6 Å². The van der Waals surface area contributed by atoms with E-state index in [0.29, 0.717) is 36.3 Å². The molecule has 1 aromatic carbocycles. The minimum atomic E-state index is -0.423. The lowest BCUT2D eigenvalue weighted by Gasteiger charge is -2.19. The Morgan fingerprint density at radius 2 is 1.92 bits per heavy atom. The van der Waals surface area contributed by atoms with E-state index in [1.54, 1.807) is 6.92 Å². The molecule has 2 aromatic rings. The summed E-state index contributed by atoms with van der Waals surface area (Å²) in [5, 5.41) is 2.90. The number of rotatable bonds is 7. The Kier molecular flexibility index (Phi) is 6.22. The van der Waals surface area contributed by atoms with Gasteiger partial charge < -0.3 is 19.9 Å². The Morgan fingerprint density at radius 1 is 1.24 bits per heavy atom. The van der Waals surface area contributed by atoms with Crippen LogP contribution < -0.4 is 10.2 Å². The number of hydrogen-bond acceptors (Lipinski definition) is 4. The smallest absolute Gasteiger partial charge is 0.339 e. The van der Waals surface area contributed by atoms with E-state index in [1.165, 1.54) is 7.11 Å². The van der Waals surface area contributed by atoms with Crippen molar-refractivity contribution in [3.05, 3.63) is 52.8 Å². The summed E-state index contributed by atoms with van der Waals surface area (Å²) in [7, 11) is 3.32. The van der Waals surface area contributed by atoms with Crippen LogP contribution in [-0.2, 0) is 11.2 Å².